The maximum Gasteiger partial charge on any atom is 0.573 e. The summed E-state index contributed by atoms with van der Waals surface area (Å²) < 4.78 is 48.6. The highest BCUT2D eigenvalue weighted by Crippen LogP contribution is 2.37. The smallest absolute Gasteiger partial charge is 0.494 e. The highest BCUT2D eigenvalue weighted by molar-refractivity contribution is 5.94. The van der Waals surface area contributed by atoms with Gasteiger partial charge in [0.05, 0.1) is 17.9 Å². The minimum Gasteiger partial charge on any atom is -0.494 e. The topological polar surface area (TPSA) is 131 Å². The Morgan fingerprint density at radius 3 is 2.28 bits per heavy atom. The van der Waals surface area contributed by atoms with Crippen molar-refractivity contribution in [1.82, 2.24) is 9.97 Å². The van der Waals surface area contributed by atoms with E-state index in [1.807, 2.05) is 6.92 Å². The first-order valence-corrected chi connectivity index (χ1v) is 11.3. The Hall–Kier alpha value is -5.13. The fraction of sp³-hybridized carbons (Fsp3) is 0.111. The normalized spacial score (nSPS) is 10.6. The van der Waals surface area contributed by atoms with Crippen LogP contribution in [0.1, 0.15) is 27.6 Å². The highest BCUT2D eigenvalue weighted by Gasteiger charge is 2.32. The Kier molecular flexibility index (Phi) is 9.41. The number of carboxylic acid groups (broad SMARTS) is 2. The van der Waals surface area contributed by atoms with Crippen LogP contribution in [-0.4, -0.2) is 45.1 Å². The number of carbonyl (C=O) groups is 2. The molecule has 2 heterocycles. The minimum atomic E-state index is -4.94. The summed E-state index contributed by atoms with van der Waals surface area (Å²) in [5.74, 6) is -2.27. The number of halogens is 3. The number of carboxylic acids is 2. The van der Waals surface area contributed by atoms with E-state index in [0.717, 1.165) is 0 Å². The molecule has 0 aliphatic carbocycles. The molecule has 4 rings (SSSR count). The molecule has 0 unspecified atom stereocenters. The fourth-order valence-electron chi connectivity index (χ4n) is 3.24. The Morgan fingerprint density at radius 1 is 0.923 bits per heavy atom. The van der Waals surface area contributed by atoms with Crippen molar-refractivity contribution in [2.24, 2.45) is 0 Å². The molecule has 0 atom stereocenters. The highest BCUT2D eigenvalue weighted by atomic mass is 19.4. The van der Waals surface area contributed by atoms with Crippen LogP contribution < -0.4 is 14.8 Å². The second-order valence-electron chi connectivity index (χ2n) is 7.60. The van der Waals surface area contributed by atoms with E-state index in [1.165, 1.54) is 48.9 Å². The molecule has 0 bridgehead atoms. The zero-order valence-corrected chi connectivity index (χ0v) is 20.3. The van der Waals surface area contributed by atoms with Crippen LogP contribution in [0, 0.1) is 0 Å². The minimum absolute atomic E-state index is 0.0850. The van der Waals surface area contributed by atoms with Gasteiger partial charge in [-0.15, -0.1) is 13.2 Å². The average molecular weight is 541 g/mol. The quantitative estimate of drug-likeness (QED) is 0.236. The zero-order chi connectivity index (χ0) is 28.4. The van der Waals surface area contributed by atoms with Gasteiger partial charge in [0.25, 0.3) is 0 Å². The summed E-state index contributed by atoms with van der Waals surface area (Å²) >= 11 is 0. The molecule has 0 saturated heterocycles. The first kappa shape index (κ1) is 28.4. The third-order valence-electron chi connectivity index (χ3n) is 4.89. The molecule has 0 fully saturated rings. The number of aromatic carboxylic acids is 2. The van der Waals surface area contributed by atoms with Crippen LogP contribution in [0.3, 0.4) is 0 Å². The van der Waals surface area contributed by atoms with Gasteiger partial charge in [-0.1, -0.05) is 18.2 Å². The Morgan fingerprint density at radius 2 is 1.67 bits per heavy atom. The van der Waals surface area contributed by atoms with Crippen LogP contribution >= 0.6 is 0 Å². The van der Waals surface area contributed by atoms with Crippen LogP contribution in [0.4, 0.5) is 24.7 Å². The molecule has 9 nitrogen and oxygen atoms in total. The van der Waals surface area contributed by atoms with E-state index in [-0.39, 0.29) is 22.6 Å². The summed E-state index contributed by atoms with van der Waals surface area (Å²) in [6.07, 6.45) is -0.774. The van der Waals surface area contributed by atoms with Crippen molar-refractivity contribution in [2.75, 3.05) is 11.9 Å². The predicted molar refractivity (Wildman–Crippen MR) is 135 cm³/mol. The van der Waals surface area contributed by atoms with Gasteiger partial charge in [0, 0.05) is 18.6 Å². The molecule has 12 heteroatoms. The number of pyridine rings is 2. The summed E-state index contributed by atoms with van der Waals surface area (Å²) in [7, 11) is 0. The zero-order valence-electron chi connectivity index (χ0n) is 20.3. The Bertz CT molecular complexity index is 1430. The first-order valence-electron chi connectivity index (χ1n) is 11.3. The number of hydrogen-bond acceptors (Lipinski definition) is 7. The van der Waals surface area contributed by atoms with Gasteiger partial charge in [-0.25, -0.2) is 14.6 Å². The van der Waals surface area contributed by atoms with E-state index in [1.54, 1.807) is 36.4 Å². The number of aromatic nitrogens is 2. The summed E-state index contributed by atoms with van der Waals surface area (Å²) in [5.41, 5.74) is 1.03. The van der Waals surface area contributed by atoms with Gasteiger partial charge in [0.1, 0.15) is 17.1 Å². The molecule has 2 aromatic carbocycles. The fourth-order valence-corrected chi connectivity index (χ4v) is 3.24. The van der Waals surface area contributed by atoms with Crippen LogP contribution in [0.25, 0.3) is 11.1 Å². The maximum atomic E-state index is 13.0. The molecule has 4 aromatic rings. The third-order valence-corrected chi connectivity index (χ3v) is 4.89. The average Bonchev–Trinajstić information content (AvgIpc) is 2.90. The number of anilines is 2. The van der Waals surface area contributed by atoms with E-state index < -0.39 is 24.1 Å². The molecular weight excluding hydrogens is 519 g/mol. The van der Waals surface area contributed by atoms with Gasteiger partial charge in [0.2, 0.25) is 0 Å². The molecule has 39 heavy (non-hydrogen) atoms. The van der Waals surface area contributed by atoms with Crippen molar-refractivity contribution in [2.45, 2.75) is 13.3 Å². The monoisotopic (exact) mass is 541 g/mol. The standard InChI is InChI=1S/C21H17F3N2O4.C6H5NO2/c1-2-29-15-6-3-5-13(11-15)14-8-9-17(18(12-14)30-21(22,23)24)26-19-16(20(27)28)7-4-10-25-19;8-6(9)5-2-1-3-7-4-5/h3-12H,2H2,1H3,(H,25,26)(H,27,28);1-4H,(H,8,9). The van der Waals surface area contributed by atoms with E-state index in [0.29, 0.717) is 23.5 Å². The number of ether oxygens (including phenoxy) is 2. The molecule has 202 valence electrons. The molecule has 2 aromatic heterocycles. The second-order valence-corrected chi connectivity index (χ2v) is 7.60. The summed E-state index contributed by atoms with van der Waals surface area (Å²) in [6, 6.07) is 16.8. The second kappa shape index (κ2) is 12.9. The van der Waals surface area contributed by atoms with Crippen LogP contribution in [0.2, 0.25) is 0 Å². The number of benzene rings is 2. The molecule has 0 radical (unpaired) electrons. The Balaban J connectivity index is 0.000000395. The van der Waals surface area contributed by atoms with Crippen molar-refractivity contribution in [3.63, 3.8) is 0 Å². The summed E-state index contributed by atoms with van der Waals surface area (Å²) in [5, 5.41) is 20.2. The maximum absolute atomic E-state index is 13.0. The molecule has 3 N–H and O–H groups in total. The van der Waals surface area contributed by atoms with E-state index >= 15 is 0 Å². The van der Waals surface area contributed by atoms with Gasteiger partial charge < -0.3 is 25.0 Å². The first-order chi connectivity index (χ1) is 18.6. The number of nitrogens with zero attached hydrogens (tertiary/aromatic N) is 2. The Labute approximate surface area is 220 Å². The van der Waals surface area contributed by atoms with Crippen LogP contribution in [-0.2, 0) is 0 Å². The van der Waals surface area contributed by atoms with Crippen molar-refractivity contribution in [3.8, 4) is 22.6 Å². The predicted octanol–water partition coefficient (Wildman–Crippen LogP) is 6.27. The summed E-state index contributed by atoms with van der Waals surface area (Å²) in [6.45, 7) is 2.27. The third kappa shape index (κ3) is 8.45. The van der Waals surface area contributed by atoms with Gasteiger partial charge in [0.15, 0.2) is 5.75 Å². The molecular formula is C27H22F3N3O6. The number of alkyl halides is 3. The van der Waals surface area contributed by atoms with Crippen molar-refractivity contribution >= 4 is 23.4 Å². The van der Waals surface area contributed by atoms with Gasteiger partial charge >= 0.3 is 18.3 Å². The lowest BCUT2D eigenvalue weighted by Gasteiger charge is -2.17. The lowest BCUT2D eigenvalue weighted by Crippen LogP contribution is -2.18. The van der Waals surface area contributed by atoms with Crippen molar-refractivity contribution in [3.05, 3.63) is 96.4 Å². The molecule has 0 amide bonds. The van der Waals surface area contributed by atoms with Gasteiger partial charge in [-0.05, 0) is 66.6 Å². The lowest BCUT2D eigenvalue weighted by atomic mass is 10.0. The van der Waals surface area contributed by atoms with Gasteiger partial charge in [-0.2, -0.15) is 0 Å². The molecule has 0 saturated carbocycles. The number of hydrogen-bond donors (Lipinski definition) is 3. The lowest BCUT2D eigenvalue weighted by molar-refractivity contribution is -0.274. The SMILES string of the molecule is CCOc1cccc(-c2ccc(Nc3ncccc3C(=O)O)c(OC(F)(F)F)c2)c1.O=C(O)c1cccnc1. The van der Waals surface area contributed by atoms with Crippen LogP contribution in [0.15, 0.2) is 85.3 Å². The van der Waals surface area contributed by atoms with Crippen molar-refractivity contribution in [1.29, 1.82) is 0 Å². The summed E-state index contributed by atoms with van der Waals surface area (Å²) in [4.78, 5) is 29.0. The van der Waals surface area contributed by atoms with E-state index in [9.17, 15) is 27.9 Å². The molecule has 0 aliphatic rings. The van der Waals surface area contributed by atoms with E-state index in [2.05, 4.69) is 20.0 Å². The molecule has 0 aliphatic heterocycles. The van der Waals surface area contributed by atoms with Gasteiger partial charge in [-0.3, -0.25) is 4.98 Å². The molecule has 0 spiro atoms. The van der Waals surface area contributed by atoms with Crippen molar-refractivity contribution < 1.29 is 42.4 Å². The number of nitrogens with one attached hydrogen (secondary N) is 1. The van der Waals surface area contributed by atoms with E-state index in [4.69, 9.17) is 9.84 Å². The largest absolute Gasteiger partial charge is 0.573 e. The number of rotatable bonds is 8. The van der Waals surface area contributed by atoms with Crippen LogP contribution in [0.5, 0.6) is 11.5 Å².